The molecule has 0 aliphatic heterocycles. The Bertz CT molecular complexity index is 321. The topological polar surface area (TPSA) is 18.5 Å². The third-order valence-corrected chi connectivity index (χ3v) is 2.79. The molecular formula is C16H26O2. The van der Waals surface area contributed by atoms with Crippen molar-refractivity contribution in [1.29, 1.82) is 0 Å². The standard InChI is InChI=1S/C16H26O2/c1-4-5-12-17-15-10-6-7-11-16(15)18-13-8-9-14(2)3/h6-7,10-11,14H,4-5,8-9,12-13H2,1-3H3. The van der Waals surface area contributed by atoms with Crippen molar-refractivity contribution in [1.82, 2.24) is 0 Å². The first-order valence-corrected chi connectivity index (χ1v) is 7.08. The quantitative estimate of drug-likeness (QED) is 0.592. The number of hydrogen-bond donors (Lipinski definition) is 0. The number of para-hydroxylation sites is 2. The van der Waals surface area contributed by atoms with E-state index in [-0.39, 0.29) is 0 Å². The van der Waals surface area contributed by atoms with Crippen LogP contribution in [-0.4, -0.2) is 13.2 Å². The molecule has 0 amide bonds. The van der Waals surface area contributed by atoms with Gasteiger partial charge in [-0.25, -0.2) is 0 Å². The van der Waals surface area contributed by atoms with Gasteiger partial charge in [0.05, 0.1) is 13.2 Å². The highest BCUT2D eigenvalue weighted by Gasteiger charge is 2.04. The molecular weight excluding hydrogens is 224 g/mol. The number of rotatable bonds is 9. The van der Waals surface area contributed by atoms with Gasteiger partial charge in [0.25, 0.3) is 0 Å². The second-order valence-electron chi connectivity index (χ2n) is 5.03. The zero-order valence-electron chi connectivity index (χ0n) is 11.9. The number of unbranched alkanes of at least 4 members (excludes halogenated alkanes) is 1. The number of hydrogen-bond acceptors (Lipinski definition) is 2. The maximum absolute atomic E-state index is 5.79. The van der Waals surface area contributed by atoms with E-state index in [1.807, 2.05) is 24.3 Å². The first kappa shape index (κ1) is 14.9. The van der Waals surface area contributed by atoms with E-state index in [0.717, 1.165) is 49.9 Å². The van der Waals surface area contributed by atoms with Crippen LogP contribution >= 0.6 is 0 Å². The van der Waals surface area contributed by atoms with E-state index >= 15 is 0 Å². The second kappa shape index (κ2) is 8.84. The van der Waals surface area contributed by atoms with Crippen LogP contribution in [0.25, 0.3) is 0 Å². The van der Waals surface area contributed by atoms with Gasteiger partial charge in [-0.05, 0) is 37.3 Å². The van der Waals surface area contributed by atoms with E-state index in [1.54, 1.807) is 0 Å². The summed E-state index contributed by atoms with van der Waals surface area (Å²) in [6.45, 7) is 8.18. The molecule has 0 atom stereocenters. The highest BCUT2D eigenvalue weighted by Crippen LogP contribution is 2.26. The molecule has 0 aliphatic rings. The van der Waals surface area contributed by atoms with Gasteiger partial charge in [-0.15, -0.1) is 0 Å². The Morgan fingerprint density at radius 1 is 0.944 bits per heavy atom. The summed E-state index contributed by atoms with van der Waals surface area (Å²) in [7, 11) is 0. The van der Waals surface area contributed by atoms with E-state index in [9.17, 15) is 0 Å². The van der Waals surface area contributed by atoms with E-state index in [4.69, 9.17) is 9.47 Å². The van der Waals surface area contributed by atoms with Gasteiger partial charge in [-0.3, -0.25) is 0 Å². The number of ether oxygens (including phenoxy) is 2. The largest absolute Gasteiger partial charge is 0.490 e. The van der Waals surface area contributed by atoms with E-state index < -0.39 is 0 Å². The van der Waals surface area contributed by atoms with E-state index in [2.05, 4.69) is 20.8 Å². The summed E-state index contributed by atoms with van der Waals surface area (Å²) < 4.78 is 11.5. The van der Waals surface area contributed by atoms with Crippen molar-refractivity contribution in [3.8, 4) is 11.5 Å². The summed E-state index contributed by atoms with van der Waals surface area (Å²) >= 11 is 0. The first-order valence-electron chi connectivity index (χ1n) is 7.08. The highest BCUT2D eigenvalue weighted by atomic mass is 16.5. The maximum atomic E-state index is 5.79. The predicted octanol–water partition coefficient (Wildman–Crippen LogP) is 4.68. The van der Waals surface area contributed by atoms with Crippen molar-refractivity contribution in [2.24, 2.45) is 5.92 Å². The van der Waals surface area contributed by atoms with Crippen LogP contribution in [0.4, 0.5) is 0 Å². The molecule has 0 heterocycles. The van der Waals surface area contributed by atoms with Crippen molar-refractivity contribution in [2.75, 3.05) is 13.2 Å². The van der Waals surface area contributed by atoms with Gasteiger partial charge in [0.15, 0.2) is 11.5 Å². The number of benzene rings is 1. The molecule has 1 aromatic carbocycles. The third-order valence-electron chi connectivity index (χ3n) is 2.79. The van der Waals surface area contributed by atoms with Crippen LogP contribution in [0, 0.1) is 5.92 Å². The molecule has 1 aromatic rings. The van der Waals surface area contributed by atoms with Gasteiger partial charge in [-0.2, -0.15) is 0 Å². The molecule has 0 aromatic heterocycles. The Morgan fingerprint density at radius 2 is 1.50 bits per heavy atom. The Morgan fingerprint density at radius 3 is 2.00 bits per heavy atom. The van der Waals surface area contributed by atoms with Crippen molar-refractivity contribution in [3.05, 3.63) is 24.3 Å². The van der Waals surface area contributed by atoms with Crippen LogP contribution in [-0.2, 0) is 0 Å². The smallest absolute Gasteiger partial charge is 0.161 e. The summed E-state index contributed by atoms with van der Waals surface area (Å²) in [5.74, 6) is 2.48. The Hall–Kier alpha value is -1.18. The fourth-order valence-electron chi connectivity index (χ4n) is 1.69. The van der Waals surface area contributed by atoms with Crippen molar-refractivity contribution >= 4 is 0 Å². The molecule has 0 fully saturated rings. The molecule has 0 saturated heterocycles. The molecule has 18 heavy (non-hydrogen) atoms. The second-order valence-corrected chi connectivity index (χ2v) is 5.03. The normalized spacial score (nSPS) is 10.7. The van der Waals surface area contributed by atoms with Gasteiger partial charge >= 0.3 is 0 Å². The molecule has 2 nitrogen and oxygen atoms in total. The summed E-state index contributed by atoms with van der Waals surface area (Å²) in [4.78, 5) is 0. The van der Waals surface area contributed by atoms with Crippen molar-refractivity contribution in [3.63, 3.8) is 0 Å². The predicted molar refractivity (Wildman–Crippen MR) is 76.4 cm³/mol. The summed E-state index contributed by atoms with van der Waals surface area (Å²) in [5, 5.41) is 0. The van der Waals surface area contributed by atoms with E-state index in [0.29, 0.717) is 0 Å². The molecule has 0 unspecified atom stereocenters. The lowest BCUT2D eigenvalue weighted by Gasteiger charge is -2.12. The fraction of sp³-hybridized carbons (Fsp3) is 0.625. The van der Waals surface area contributed by atoms with Gasteiger partial charge in [0.1, 0.15) is 0 Å². The lowest BCUT2D eigenvalue weighted by atomic mass is 10.1. The molecule has 0 spiro atoms. The molecule has 0 N–H and O–H groups in total. The van der Waals surface area contributed by atoms with Crippen molar-refractivity contribution in [2.45, 2.75) is 46.5 Å². The Kier molecular flexibility index (Phi) is 7.31. The molecule has 0 bridgehead atoms. The molecule has 0 aliphatic carbocycles. The van der Waals surface area contributed by atoms with Gasteiger partial charge in [-0.1, -0.05) is 39.3 Å². The molecule has 0 saturated carbocycles. The molecule has 2 heteroatoms. The van der Waals surface area contributed by atoms with Crippen LogP contribution in [0.15, 0.2) is 24.3 Å². The Labute approximate surface area is 111 Å². The molecule has 102 valence electrons. The van der Waals surface area contributed by atoms with Gasteiger partial charge in [0, 0.05) is 0 Å². The van der Waals surface area contributed by atoms with Crippen LogP contribution in [0.2, 0.25) is 0 Å². The monoisotopic (exact) mass is 250 g/mol. The van der Waals surface area contributed by atoms with E-state index in [1.165, 1.54) is 6.42 Å². The summed E-state index contributed by atoms with van der Waals surface area (Å²) in [5.41, 5.74) is 0. The lowest BCUT2D eigenvalue weighted by molar-refractivity contribution is 0.257. The first-order chi connectivity index (χ1) is 8.74. The van der Waals surface area contributed by atoms with Crippen LogP contribution in [0.3, 0.4) is 0 Å². The van der Waals surface area contributed by atoms with Crippen LogP contribution in [0.1, 0.15) is 46.5 Å². The summed E-state index contributed by atoms with van der Waals surface area (Å²) in [6.07, 6.45) is 4.54. The molecule has 1 rings (SSSR count). The fourth-order valence-corrected chi connectivity index (χ4v) is 1.69. The molecule has 0 radical (unpaired) electrons. The van der Waals surface area contributed by atoms with Crippen LogP contribution in [0.5, 0.6) is 11.5 Å². The van der Waals surface area contributed by atoms with Gasteiger partial charge < -0.3 is 9.47 Å². The van der Waals surface area contributed by atoms with Gasteiger partial charge in [0.2, 0.25) is 0 Å². The zero-order chi connectivity index (χ0) is 13.2. The minimum absolute atomic E-state index is 0.740. The Balaban J connectivity index is 2.38. The average Bonchev–Trinajstić information content (AvgIpc) is 2.36. The average molecular weight is 250 g/mol. The lowest BCUT2D eigenvalue weighted by Crippen LogP contribution is -2.03. The summed E-state index contributed by atoms with van der Waals surface area (Å²) in [6, 6.07) is 7.94. The highest BCUT2D eigenvalue weighted by molar-refractivity contribution is 5.39. The van der Waals surface area contributed by atoms with Crippen molar-refractivity contribution < 1.29 is 9.47 Å². The SMILES string of the molecule is CCCCOc1ccccc1OCCCC(C)C. The zero-order valence-corrected chi connectivity index (χ0v) is 11.9. The van der Waals surface area contributed by atoms with Crippen LogP contribution < -0.4 is 9.47 Å². The minimum Gasteiger partial charge on any atom is -0.490 e. The minimum atomic E-state index is 0.740. The third kappa shape index (κ3) is 5.95. The maximum Gasteiger partial charge on any atom is 0.161 e.